The summed E-state index contributed by atoms with van der Waals surface area (Å²) >= 11 is 0. The van der Waals surface area contributed by atoms with Crippen LogP contribution < -0.4 is 0 Å². The topological polar surface area (TPSA) is 12.4 Å². The molecule has 0 saturated heterocycles. The maximum absolute atomic E-state index is 4.52. The van der Waals surface area contributed by atoms with E-state index < -0.39 is 0 Å². The zero-order chi connectivity index (χ0) is 10.8. The molecule has 0 radical (unpaired) electrons. The van der Waals surface area contributed by atoms with Crippen LogP contribution in [0, 0.1) is 0 Å². The molecule has 2 rings (SSSR count). The standard InChI is InChI=1S/C11H13N.C2H6/c1-8-11(2,3)9-6-4-5-7-10(9)12-8;1-2/h4-7H,1-3H3;1-2H3. The first-order valence-electron chi connectivity index (χ1n) is 5.27. The first kappa shape index (κ1) is 11.0. The third kappa shape index (κ3) is 1.59. The first-order valence-corrected chi connectivity index (χ1v) is 5.27. The molecule has 1 aliphatic heterocycles. The van der Waals surface area contributed by atoms with E-state index in [9.17, 15) is 0 Å². The van der Waals surface area contributed by atoms with Gasteiger partial charge in [0.05, 0.1) is 5.69 Å². The van der Waals surface area contributed by atoms with Crippen molar-refractivity contribution < 1.29 is 0 Å². The molecule has 1 heteroatoms. The molecule has 0 N–H and O–H groups in total. The Hall–Kier alpha value is -1.11. The Morgan fingerprint density at radius 2 is 1.64 bits per heavy atom. The fourth-order valence-corrected chi connectivity index (χ4v) is 1.61. The monoisotopic (exact) mass is 189 g/mol. The van der Waals surface area contributed by atoms with Crippen molar-refractivity contribution in [3.05, 3.63) is 29.8 Å². The molecule has 14 heavy (non-hydrogen) atoms. The molecule has 0 spiro atoms. The lowest BCUT2D eigenvalue weighted by Gasteiger charge is -2.19. The van der Waals surface area contributed by atoms with Gasteiger partial charge in [-0.05, 0) is 18.6 Å². The van der Waals surface area contributed by atoms with Crippen molar-refractivity contribution in [1.82, 2.24) is 0 Å². The number of fused-ring (bicyclic) bond motifs is 1. The summed E-state index contributed by atoms with van der Waals surface area (Å²) in [4.78, 5) is 4.52. The summed E-state index contributed by atoms with van der Waals surface area (Å²) in [5.74, 6) is 0. The van der Waals surface area contributed by atoms with Gasteiger partial charge in [-0.15, -0.1) is 0 Å². The second-order valence-electron chi connectivity index (χ2n) is 3.84. The molecule has 1 heterocycles. The van der Waals surface area contributed by atoms with E-state index >= 15 is 0 Å². The van der Waals surface area contributed by atoms with Crippen molar-refractivity contribution in [3.63, 3.8) is 0 Å². The minimum Gasteiger partial charge on any atom is -0.257 e. The van der Waals surface area contributed by atoms with Gasteiger partial charge >= 0.3 is 0 Å². The van der Waals surface area contributed by atoms with E-state index in [4.69, 9.17) is 0 Å². The van der Waals surface area contributed by atoms with Crippen molar-refractivity contribution >= 4 is 11.4 Å². The number of benzene rings is 1. The summed E-state index contributed by atoms with van der Waals surface area (Å²) < 4.78 is 0. The van der Waals surface area contributed by atoms with Crippen molar-refractivity contribution in [1.29, 1.82) is 0 Å². The highest BCUT2D eigenvalue weighted by Crippen LogP contribution is 2.39. The third-order valence-corrected chi connectivity index (χ3v) is 2.77. The highest BCUT2D eigenvalue weighted by atomic mass is 14.8. The van der Waals surface area contributed by atoms with Crippen LogP contribution in [0.15, 0.2) is 29.3 Å². The van der Waals surface area contributed by atoms with Crippen molar-refractivity contribution in [2.24, 2.45) is 4.99 Å². The van der Waals surface area contributed by atoms with Crippen LogP contribution in [0.5, 0.6) is 0 Å². The highest BCUT2D eigenvalue weighted by Gasteiger charge is 2.31. The summed E-state index contributed by atoms with van der Waals surface area (Å²) in [6, 6.07) is 8.36. The van der Waals surface area contributed by atoms with E-state index in [1.807, 2.05) is 19.9 Å². The van der Waals surface area contributed by atoms with Crippen molar-refractivity contribution in [3.8, 4) is 0 Å². The molecule has 0 saturated carbocycles. The van der Waals surface area contributed by atoms with Crippen molar-refractivity contribution in [2.75, 3.05) is 0 Å². The number of hydrogen-bond acceptors (Lipinski definition) is 1. The van der Waals surface area contributed by atoms with E-state index in [1.54, 1.807) is 0 Å². The van der Waals surface area contributed by atoms with Gasteiger partial charge in [0.15, 0.2) is 0 Å². The molecule has 1 aromatic rings. The largest absolute Gasteiger partial charge is 0.257 e. The SMILES string of the molecule is CC.CC1=Nc2ccccc2C1(C)C. The molecule has 0 unspecified atom stereocenters. The predicted molar refractivity (Wildman–Crippen MR) is 63.6 cm³/mol. The fourth-order valence-electron chi connectivity index (χ4n) is 1.61. The third-order valence-electron chi connectivity index (χ3n) is 2.77. The highest BCUT2D eigenvalue weighted by molar-refractivity contribution is 5.99. The van der Waals surface area contributed by atoms with Crippen LogP contribution in [0.25, 0.3) is 0 Å². The Labute approximate surface area is 86.9 Å². The quantitative estimate of drug-likeness (QED) is 0.582. The fraction of sp³-hybridized carbons (Fsp3) is 0.462. The maximum atomic E-state index is 4.52. The number of nitrogens with zero attached hydrogens (tertiary/aromatic N) is 1. The molecule has 0 atom stereocenters. The van der Waals surface area contributed by atoms with Crippen LogP contribution in [-0.2, 0) is 5.41 Å². The number of para-hydroxylation sites is 1. The van der Waals surface area contributed by atoms with Gasteiger partial charge in [0.1, 0.15) is 0 Å². The van der Waals surface area contributed by atoms with E-state index in [0.29, 0.717) is 0 Å². The minimum atomic E-state index is 0.136. The lowest BCUT2D eigenvalue weighted by atomic mass is 9.82. The summed E-state index contributed by atoms with van der Waals surface area (Å²) in [6.45, 7) is 10.5. The number of hydrogen-bond donors (Lipinski definition) is 0. The molecule has 0 amide bonds. The lowest BCUT2D eigenvalue weighted by molar-refractivity contribution is 0.733. The Balaban J connectivity index is 0.000000461. The van der Waals surface area contributed by atoms with Gasteiger partial charge in [0.2, 0.25) is 0 Å². The van der Waals surface area contributed by atoms with Gasteiger partial charge in [-0.2, -0.15) is 0 Å². The maximum Gasteiger partial charge on any atom is 0.0670 e. The average molecular weight is 189 g/mol. The molecule has 1 aliphatic rings. The van der Waals surface area contributed by atoms with Crippen LogP contribution >= 0.6 is 0 Å². The first-order chi connectivity index (χ1) is 6.62. The Kier molecular flexibility index (Phi) is 3.10. The van der Waals surface area contributed by atoms with Gasteiger partial charge in [-0.3, -0.25) is 4.99 Å². The van der Waals surface area contributed by atoms with Gasteiger partial charge in [0, 0.05) is 11.1 Å². The Morgan fingerprint density at radius 1 is 1.07 bits per heavy atom. The summed E-state index contributed by atoms with van der Waals surface area (Å²) in [5, 5.41) is 0. The predicted octanol–water partition coefficient (Wildman–Crippen LogP) is 4.10. The summed E-state index contributed by atoms with van der Waals surface area (Å²) in [7, 11) is 0. The van der Waals surface area contributed by atoms with E-state index in [1.165, 1.54) is 11.3 Å². The normalized spacial score (nSPS) is 16.5. The van der Waals surface area contributed by atoms with Crippen LogP contribution in [0.2, 0.25) is 0 Å². The molecule has 0 bridgehead atoms. The van der Waals surface area contributed by atoms with Gasteiger partial charge in [-0.25, -0.2) is 0 Å². The lowest BCUT2D eigenvalue weighted by Crippen LogP contribution is -2.22. The molecule has 0 fully saturated rings. The average Bonchev–Trinajstić information content (AvgIpc) is 2.42. The zero-order valence-corrected chi connectivity index (χ0v) is 9.76. The van der Waals surface area contributed by atoms with Crippen LogP contribution in [0.4, 0.5) is 5.69 Å². The Bertz CT molecular complexity index is 348. The van der Waals surface area contributed by atoms with Crippen molar-refractivity contribution in [2.45, 2.75) is 40.0 Å². The smallest absolute Gasteiger partial charge is 0.0670 e. The molecular formula is C13H19N. The molecule has 0 aromatic heterocycles. The van der Waals surface area contributed by atoms with Gasteiger partial charge in [0.25, 0.3) is 0 Å². The molecule has 1 aromatic carbocycles. The molecule has 0 aliphatic carbocycles. The summed E-state index contributed by atoms with van der Waals surface area (Å²) in [6.07, 6.45) is 0. The minimum absolute atomic E-state index is 0.136. The molecule has 76 valence electrons. The number of rotatable bonds is 0. The van der Waals surface area contributed by atoms with Crippen LogP contribution in [0.3, 0.4) is 0 Å². The second kappa shape index (κ2) is 3.95. The molecule has 1 nitrogen and oxygen atoms in total. The van der Waals surface area contributed by atoms with E-state index in [2.05, 4.69) is 44.0 Å². The number of aliphatic imine (C=N–C) groups is 1. The second-order valence-corrected chi connectivity index (χ2v) is 3.84. The van der Waals surface area contributed by atoms with E-state index in [-0.39, 0.29) is 5.41 Å². The van der Waals surface area contributed by atoms with Crippen LogP contribution in [-0.4, -0.2) is 5.71 Å². The zero-order valence-electron chi connectivity index (χ0n) is 9.76. The summed E-state index contributed by atoms with van der Waals surface area (Å²) in [5.41, 5.74) is 3.84. The molecular weight excluding hydrogens is 170 g/mol. The van der Waals surface area contributed by atoms with E-state index in [0.717, 1.165) is 5.69 Å². The van der Waals surface area contributed by atoms with Gasteiger partial charge in [-0.1, -0.05) is 45.9 Å². The van der Waals surface area contributed by atoms with Gasteiger partial charge < -0.3 is 0 Å². The Morgan fingerprint density at radius 3 is 2.21 bits per heavy atom. The van der Waals surface area contributed by atoms with Crippen LogP contribution in [0.1, 0.15) is 40.2 Å².